The van der Waals surface area contributed by atoms with Gasteiger partial charge in [-0.2, -0.15) is 0 Å². The van der Waals surface area contributed by atoms with Gasteiger partial charge in [-0.3, -0.25) is 5.26 Å². The highest BCUT2D eigenvalue weighted by atomic mass is 127. The lowest BCUT2D eigenvalue weighted by Gasteiger charge is -2.04. The molecule has 0 aromatic carbocycles. The third-order valence-electron chi connectivity index (χ3n) is 1.13. The van der Waals surface area contributed by atoms with Crippen LogP contribution in [0, 0.1) is 0 Å². The van der Waals surface area contributed by atoms with Gasteiger partial charge in [0.1, 0.15) is 0 Å². The zero-order chi connectivity index (χ0) is 7.11. The van der Waals surface area contributed by atoms with Crippen molar-refractivity contribution in [2.45, 2.75) is 30.1 Å². The average molecular weight is 244 g/mol. The van der Waals surface area contributed by atoms with E-state index in [1.165, 1.54) is 12.8 Å². The fourth-order valence-electron chi connectivity index (χ4n) is 0.590. The van der Waals surface area contributed by atoms with E-state index < -0.39 is 0 Å². The Morgan fingerprint density at radius 2 is 2.33 bits per heavy atom. The SMILES string of the molecule is CCCCC(I)COO. The molecule has 0 aromatic heterocycles. The molecule has 1 N–H and O–H groups in total. The van der Waals surface area contributed by atoms with Crippen molar-refractivity contribution in [3.8, 4) is 0 Å². The van der Waals surface area contributed by atoms with E-state index in [-0.39, 0.29) is 0 Å². The maximum atomic E-state index is 8.03. The highest BCUT2D eigenvalue weighted by Crippen LogP contribution is 2.09. The van der Waals surface area contributed by atoms with Gasteiger partial charge in [0.15, 0.2) is 0 Å². The second kappa shape index (κ2) is 6.77. The Kier molecular flexibility index (Phi) is 7.25. The van der Waals surface area contributed by atoms with Crippen LogP contribution in [0.3, 0.4) is 0 Å². The summed E-state index contributed by atoms with van der Waals surface area (Å²) in [5.41, 5.74) is 0. The van der Waals surface area contributed by atoms with E-state index in [9.17, 15) is 0 Å². The van der Waals surface area contributed by atoms with Gasteiger partial charge in [-0.1, -0.05) is 42.4 Å². The number of hydrogen-bond acceptors (Lipinski definition) is 2. The Labute approximate surface area is 69.7 Å². The van der Waals surface area contributed by atoms with Crippen LogP contribution in [0.5, 0.6) is 0 Å². The van der Waals surface area contributed by atoms with Crippen molar-refractivity contribution in [2.75, 3.05) is 6.61 Å². The molecule has 2 nitrogen and oxygen atoms in total. The molecule has 0 aliphatic heterocycles. The first-order valence-electron chi connectivity index (χ1n) is 3.21. The van der Waals surface area contributed by atoms with E-state index in [0.29, 0.717) is 10.5 Å². The quantitative estimate of drug-likeness (QED) is 0.348. The van der Waals surface area contributed by atoms with Gasteiger partial charge in [-0.15, -0.1) is 0 Å². The summed E-state index contributed by atoms with van der Waals surface area (Å²) in [6.45, 7) is 2.61. The first-order chi connectivity index (χ1) is 4.31. The minimum Gasteiger partial charge on any atom is -0.252 e. The number of hydrogen-bond donors (Lipinski definition) is 1. The van der Waals surface area contributed by atoms with E-state index in [4.69, 9.17) is 5.26 Å². The molecule has 0 radical (unpaired) electrons. The summed E-state index contributed by atoms with van der Waals surface area (Å²) in [6.07, 6.45) is 3.57. The molecule has 0 fully saturated rings. The molecule has 0 amide bonds. The van der Waals surface area contributed by atoms with Crippen molar-refractivity contribution in [3.05, 3.63) is 0 Å². The van der Waals surface area contributed by atoms with Crippen LogP contribution in [0.15, 0.2) is 0 Å². The third-order valence-corrected chi connectivity index (χ3v) is 2.11. The summed E-state index contributed by atoms with van der Waals surface area (Å²) in [6, 6.07) is 0. The second-order valence-corrected chi connectivity index (χ2v) is 3.80. The molecule has 0 bridgehead atoms. The molecule has 1 atom stereocenters. The molecule has 0 rings (SSSR count). The lowest BCUT2D eigenvalue weighted by Crippen LogP contribution is -2.05. The molecule has 0 heterocycles. The Balaban J connectivity index is 2.95. The predicted octanol–water partition coefficient (Wildman–Crippen LogP) is 2.47. The smallest absolute Gasteiger partial charge is 0.0937 e. The van der Waals surface area contributed by atoms with E-state index in [1.54, 1.807) is 0 Å². The van der Waals surface area contributed by atoms with Gasteiger partial charge < -0.3 is 0 Å². The van der Waals surface area contributed by atoms with Gasteiger partial charge in [0.25, 0.3) is 0 Å². The topological polar surface area (TPSA) is 29.5 Å². The molecule has 0 aliphatic carbocycles. The van der Waals surface area contributed by atoms with Crippen molar-refractivity contribution in [1.82, 2.24) is 0 Å². The van der Waals surface area contributed by atoms with Crippen molar-refractivity contribution in [3.63, 3.8) is 0 Å². The summed E-state index contributed by atoms with van der Waals surface area (Å²) >= 11 is 2.28. The number of alkyl halides is 1. The van der Waals surface area contributed by atoms with E-state index in [2.05, 4.69) is 34.4 Å². The lowest BCUT2D eigenvalue weighted by molar-refractivity contribution is -0.240. The minimum absolute atomic E-state index is 0.459. The van der Waals surface area contributed by atoms with Crippen LogP contribution in [-0.4, -0.2) is 15.8 Å². The van der Waals surface area contributed by atoms with Crippen LogP contribution >= 0.6 is 22.6 Å². The Bertz CT molecular complexity index is 59.0. The summed E-state index contributed by atoms with van der Waals surface area (Å²) in [5.74, 6) is 0. The van der Waals surface area contributed by atoms with Crippen molar-refractivity contribution >= 4 is 22.6 Å². The van der Waals surface area contributed by atoms with E-state index >= 15 is 0 Å². The molecule has 0 saturated carbocycles. The van der Waals surface area contributed by atoms with Crippen molar-refractivity contribution in [2.24, 2.45) is 0 Å². The highest BCUT2D eigenvalue weighted by Gasteiger charge is 2.01. The Hall–Kier alpha value is 0.650. The molecule has 0 aromatic rings. The third kappa shape index (κ3) is 6.54. The van der Waals surface area contributed by atoms with Crippen molar-refractivity contribution in [1.29, 1.82) is 0 Å². The Morgan fingerprint density at radius 3 is 2.78 bits per heavy atom. The van der Waals surface area contributed by atoms with Crippen LogP contribution in [0.2, 0.25) is 0 Å². The molecule has 9 heavy (non-hydrogen) atoms. The maximum Gasteiger partial charge on any atom is 0.0937 e. The monoisotopic (exact) mass is 244 g/mol. The highest BCUT2D eigenvalue weighted by molar-refractivity contribution is 14.1. The first kappa shape index (κ1) is 9.65. The molecular weight excluding hydrogens is 231 g/mol. The fraction of sp³-hybridized carbons (Fsp3) is 1.00. The van der Waals surface area contributed by atoms with Crippen LogP contribution in [0.1, 0.15) is 26.2 Å². The largest absolute Gasteiger partial charge is 0.252 e. The summed E-state index contributed by atoms with van der Waals surface area (Å²) in [4.78, 5) is 3.99. The van der Waals surface area contributed by atoms with Gasteiger partial charge >= 0.3 is 0 Å². The van der Waals surface area contributed by atoms with E-state index in [0.717, 1.165) is 6.42 Å². The fourth-order valence-corrected chi connectivity index (χ4v) is 1.19. The van der Waals surface area contributed by atoms with Crippen LogP contribution in [-0.2, 0) is 4.89 Å². The average Bonchev–Trinajstić information content (AvgIpc) is 1.85. The number of halogens is 1. The molecule has 0 spiro atoms. The van der Waals surface area contributed by atoms with Gasteiger partial charge in [-0.05, 0) is 6.42 Å². The lowest BCUT2D eigenvalue weighted by atomic mass is 10.2. The summed E-state index contributed by atoms with van der Waals surface area (Å²) < 4.78 is 0.465. The van der Waals surface area contributed by atoms with Crippen molar-refractivity contribution < 1.29 is 10.1 Å². The predicted molar refractivity (Wildman–Crippen MR) is 45.9 cm³/mol. The maximum absolute atomic E-state index is 8.03. The zero-order valence-corrected chi connectivity index (χ0v) is 7.80. The molecule has 3 heteroatoms. The van der Waals surface area contributed by atoms with Crippen LogP contribution in [0.4, 0.5) is 0 Å². The van der Waals surface area contributed by atoms with Gasteiger partial charge in [0.2, 0.25) is 0 Å². The normalized spacial score (nSPS) is 13.7. The van der Waals surface area contributed by atoms with Gasteiger partial charge in [0, 0.05) is 3.92 Å². The first-order valence-corrected chi connectivity index (χ1v) is 4.46. The number of rotatable bonds is 5. The molecule has 1 unspecified atom stereocenters. The van der Waals surface area contributed by atoms with Gasteiger partial charge in [-0.25, -0.2) is 4.89 Å². The molecule has 0 aliphatic rings. The zero-order valence-electron chi connectivity index (χ0n) is 5.64. The second-order valence-electron chi connectivity index (χ2n) is 2.04. The summed E-state index contributed by atoms with van der Waals surface area (Å²) in [7, 11) is 0. The molecular formula is C6H13IO2. The number of unbranched alkanes of at least 4 members (excludes halogenated alkanes) is 1. The van der Waals surface area contributed by atoms with Gasteiger partial charge in [0.05, 0.1) is 6.61 Å². The van der Waals surface area contributed by atoms with E-state index in [1.807, 2.05) is 0 Å². The Morgan fingerprint density at radius 1 is 1.67 bits per heavy atom. The van der Waals surface area contributed by atoms with Crippen LogP contribution in [0.25, 0.3) is 0 Å². The standard InChI is InChI=1S/C6H13IO2/c1-2-3-4-6(7)5-9-8/h6,8H,2-5H2,1H3. The molecule has 56 valence electrons. The molecule has 0 saturated heterocycles. The summed E-state index contributed by atoms with van der Waals surface area (Å²) in [5, 5.41) is 8.03. The van der Waals surface area contributed by atoms with Crippen LogP contribution < -0.4 is 0 Å². The minimum atomic E-state index is 0.459.